The van der Waals surface area contributed by atoms with Gasteiger partial charge < -0.3 is 0 Å². The van der Waals surface area contributed by atoms with E-state index in [1.54, 1.807) is 0 Å². The standard InChI is InChI=1S/C15H21IN2O4/c1-12(19)21-16(22-13(2)20)15-6-4-14(5-7-15)10-18-9-8-17(3)11-18/h4-7H,8-11H2,1-3H3/p+1. The Morgan fingerprint density at radius 1 is 1.18 bits per heavy atom. The van der Waals surface area contributed by atoms with Crippen molar-refractivity contribution in [2.75, 3.05) is 26.8 Å². The zero-order valence-electron chi connectivity index (χ0n) is 13.1. The molecule has 1 unspecified atom stereocenters. The van der Waals surface area contributed by atoms with Crippen LogP contribution in [0.4, 0.5) is 0 Å². The molecule has 1 aromatic rings. The molecule has 0 aliphatic carbocycles. The number of nitrogens with zero attached hydrogens (tertiary/aromatic N) is 1. The fraction of sp³-hybridized carbons (Fsp3) is 0.467. The van der Waals surface area contributed by atoms with Crippen LogP contribution in [0.2, 0.25) is 0 Å². The van der Waals surface area contributed by atoms with Gasteiger partial charge in [-0.1, -0.05) is 0 Å². The van der Waals surface area contributed by atoms with Crippen molar-refractivity contribution in [1.29, 1.82) is 0 Å². The fourth-order valence-electron chi connectivity index (χ4n) is 2.33. The number of nitrogens with one attached hydrogen (secondary N) is 1. The van der Waals surface area contributed by atoms with Crippen LogP contribution >= 0.6 is 20.6 Å². The summed E-state index contributed by atoms with van der Waals surface area (Å²) in [5.74, 6) is -0.833. The van der Waals surface area contributed by atoms with E-state index in [1.807, 2.05) is 24.3 Å². The first-order valence-corrected chi connectivity index (χ1v) is 9.97. The molecule has 1 saturated heterocycles. The van der Waals surface area contributed by atoms with Crippen molar-refractivity contribution < 1.29 is 20.6 Å². The number of carbonyl (C=O) groups excluding carboxylic acids is 2. The molecule has 6 nitrogen and oxygen atoms in total. The van der Waals surface area contributed by atoms with E-state index in [9.17, 15) is 9.59 Å². The van der Waals surface area contributed by atoms with Gasteiger partial charge in [0.05, 0.1) is 0 Å². The topological polar surface area (TPSA) is 60.3 Å². The Morgan fingerprint density at radius 3 is 2.23 bits per heavy atom. The zero-order chi connectivity index (χ0) is 16.1. The molecule has 1 heterocycles. The number of halogens is 1. The summed E-state index contributed by atoms with van der Waals surface area (Å²) < 4.78 is 11.2. The van der Waals surface area contributed by atoms with E-state index >= 15 is 0 Å². The second-order valence-corrected chi connectivity index (χ2v) is 8.76. The zero-order valence-corrected chi connectivity index (χ0v) is 15.3. The Bertz CT molecular complexity index is 519. The van der Waals surface area contributed by atoms with Gasteiger partial charge in [0.1, 0.15) is 0 Å². The number of quaternary nitrogens is 1. The summed E-state index contributed by atoms with van der Waals surface area (Å²) in [7, 11) is 2.13. The number of carbonyl (C=O) groups is 2. The molecule has 1 aliphatic rings. The van der Waals surface area contributed by atoms with Gasteiger partial charge in [-0.25, -0.2) is 0 Å². The summed E-state index contributed by atoms with van der Waals surface area (Å²) in [6.45, 7) is 6.96. The predicted molar refractivity (Wildman–Crippen MR) is 89.7 cm³/mol. The van der Waals surface area contributed by atoms with E-state index in [4.69, 9.17) is 6.13 Å². The van der Waals surface area contributed by atoms with Gasteiger partial charge in [0.25, 0.3) is 0 Å². The van der Waals surface area contributed by atoms with Crippen molar-refractivity contribution in [1.82, 2.24) is 4.90 Å². The molecule has 2 rings (SSSR count). The Kier molecular flexibility index (Phi) is 6.16. The van der Waals surface area contributed by atoms with Crippen LogP contribution in [0.5, 0.6) is 0 Å². The van der Waals surface area contributed by atoms with Crippen LogP contribution in [0.25, 0.3) is 0 Å². The van der Waals surface area contributed by atoms with Crippen LogP contribution in [-0.2, 0) is 22.3 Å². The Morgan fingerprint density at radius 2 is 1.77 bits per heavy atom. The maximum absolute atomic E-state index is 11.2. The third-order valence-electron chi connectivity index (χ3n) is 3.24. The van der Waals surface area contributed by atoms with Crippen molar-refractivity contribution in [2.45, 2.75) is 20.4 Å². The Hall–Kier alpha value is -1.19. The summed E-state index contributed by atoms with van der Waals surface area (Å²) >= 11 is -2.68. The number of likely N-dealkylation sites (N-methyl/N-ethyl adjacent to an activating group) is 1. The average Bonchev–Trinajstić information content (AvgIpc) is 2.83. The molecule has 0 radical (unpaired) electrons. The van der Waals surface area contributed by atoms with Crippen molar-refractivity contribution in [2.24, 2.45) is 0 Å². The van der Waals surface area contributed by atoms with Gasteiger partial charge in [0.2, 0.25) is 0 Å². The van der Waals surface area contributed by atoms with Crippen LogP contribution in [-0.4, -0.2) is 43.6 Å². The molecule has 1 atom stereocenters. The minimum atomic E-state index is -2.68. The fourth-order valence-corrected chi connectivity index (χ4v) is 5.00. The predicted octanol–water partition coefficient (Wildman–Crippen LogP) is 0.607. The van der Waals surface area contributed by atoms with Crippen molar-refractivity contribution in [3.63, 3.8) is 0 Å². The van der Waals surface area contributed by atoms with Gasteiger partial charge in [0.15, 0.2) is 0 Å². The molecule has 1 fully saturated rings. The van der Waals surface area contributed by atoms with Gasteiger partial charge in [-0.2, -0.15) is 0 Å². The minimum absolute atomic E-state index is 0.417. The van der Waals surface area contributed by atoms with Crippen LogP contribution in [0.15, 0.2) is 24.3 Å². The first-order chi connectivity index (χ1) is 10.4. The summed E-state index contributed by atoms with van der Waals surface area (Å²) in [4.78, 5) is 26.2. The quantitative estimate of drug-likeness (QED) is 0.707. The number of benzene rings is 1. The van der Waals surface area contributed by atoms with E-state index in [2.05, 4.69) is 11.9 Å². The molecule has 0 saturated carbocycles. The molecular formula is C15H22IN2O4+. The molecule has 22 heavy (non-hydrogen) atoms. The monoisotopic (exact) mass is 421 g/mol. The van der Waals surface area contributed by atoms with Crippen molar-refractivity contribution in [3.05, 3.63) is 33.4 Å². The van der Waals surface area contributed by atoms with E-state index in [0.29, 0.717) is 0 Å². The van der Waals surface area contributed by atoms with E-state index in [1.165, 1.54) is 24.3 Å². The summed E-state index contributed by atoms with van der Waals surface area (Å²) in [6, 6.07) is 7.87. The van der Waals surface area contributed by atoms with Gasteiger partial charge in [0, 0.05) is 0 Å². The van der Waals surface area contributed by atoms with Gasteiger partial charge in [-0.15, -0.1) is 0 Å². The molecule has 1 N–H and O–H groups in total. The second kappa shape index (κ2) is 7.89. The van der Waals surface area contributed by atoms with Gasteiger partial charge in [-0.05, 0) is 0 Å². The first-order valence-electron chi connectivity index (χ1n) is 7.13. The van der Waals surface area contributed by atoms with E-state index < -0.39 is 32.6 Å². The number of rotatable bonds is 5. The molecule has 0 amide bonds. The summed E-state index contributed by atoms with van der Waals surface area (Å²) in [5.41, 5.74) is 1.23. The average molecular weight is 421 g/mol. The third-order valence-corrected chi connectivity index (χ3v) is 7.02. The molecule has 1 aliphatic heterocycles. The van der Waals surface area contributed by atoms with E-state index in [0.717, 1.165) is 29.9 Å². The van der Waals surface area contributed by atoms with Crippen LogP contribution in [0, 0.1) is 3.57 Å². The first kappa shape index (κ1) is 17.2. The van der Waals surface area contributed by atoms with Gasteiger partial charge in [-0.3, -0.25) is 0 Å². The molecule has 7 heteroatoms. The Balaban J connectivity index is 2.01. The molecular weight excluding hydrogens is 399 g/mol. The molecule has 0 spiro atoms. The maximum atomic E-state index is 11.2. The molecule has 122 valence electrons. The van der Waals surface area contributed by atoms with Crippen LogP contribution in [0.3, 0.4) is 0 Å². The van der Waals surface area contributed by atoms with Gasteiger partial charge >= 0.3 is 139 Å². The molecule has 0 aromatic heterocycles. The van der Waals surface area contributed by atoms with Crippen LogP contribution in [0.1, 0.15) is 19.4 Å². The van der Waals surface area contributed by atoms with E-state index in [-0.39, 0.29) is 0 Å². The Labute approximate surface area is 138 Å². The van der Waals surface area contributed by atoms with Crippen molar-refractivity contribution in [3.8, 4) is 0 Å². The number of hydrogen-bond acceptors (Lipinski definition) is 5. The number of hydrogen-bond donors (Lipinski definition) is 1. The SMILES string of the molecule is CC(=O)OI(OC(C)=O)c1ccc(C[NH+]2CCN(C)C2)cc1. The molecule has 1 aromatic carbocycles. The summed E-state index contributed by atoms with van der Waals surface area (Å²) in [6.07, 6.45) is 0. The summed E-state index contributed by atoms with van der Waals surface area (Å²) in [5, 5.41) is 0. The third kappa shape index (κ3) is 5.22. The second-order valence-electron chi connectivity index (χ2n) is 5.40. The molecule has 0 bridgehead atoms. The van der Waals surface area contributed by atoms with Crippen LogP contribution < -0.4 is 4.90 Å². The normalized spacial score (nSPS) is 18.9. The van der Waals surface area contributed by atoms with Crippen molar-refractivity contribution >= 4 is 32.6 Å².